The first-order valence-electron chi connectivity index (χ1n) is 6.76. The van der Waals surface area contributed by atoms with Crippen molar-refractivity contribution in [2.24, 2.45) is 0 Å². The number of benzene rings is 2. The van der Waals surface area contributed by atoms with E-state index >= 15 is 0 Å². The van der Waals surface area contributed by atoms with Gasteiger partial charge >= 0.3 is 124 Å². The monoisotopic (exact) mass is 452 g/mol. The van der Waals surface area contributed by atoms with Crippen molar-refractivity contribution in [3.8, 4) is 0 Å². The van der Waals surface area contributed by atoms with E-state index in [1.54, 1.807) is 8.70 Å². The van der Waals surface area contributed by atoms with E-state index in [0.29, 0.717) is 0 Å². The molecule has 0 saturated heterocycles. The number of hydrogen-bond acceptors (Lipinski definition) is 0. The van der Waals surface area contributed by atoms with Crippen molar-refractivity contribution in [2.45, 2.75) is 41.5 Å². The summed E-state index contributed by atoms with van der Waals surface area (Å²) in [5.41, 5.74) is 8.57. The summed E-state index contributed by atoms with van der Waals surface area (Å²) in [5, 5.41) is 0. The quantitative estimate of drug-likeness (QED) is 0.421. The van der Waals surface area contributed by atoms with E-state index in [4.69, 9.17) is 0 Å². The minimum atomic E-state index is 0. The number of rotatable bonds is 2. The molecule has 0 atom stereocenters. The largest absolute Gasteiger partial charge is 1.00 e. The summed E-state index contributed by atoms with van der Waals surface area (Å²) in [7, 11) is 0. The van der Waals surface area contributed by atoms with Crippen molar-refractivity contribution in [1.82, 2.24) is 0 Å². The van der Waals surface area contributed by atoms with Crippen LogP contribution in [0, 0.1) is 41.5 Å². The van der Waals surface area contributed by atoms with Gasteiger partial charge in [-0.3, -0.25) is 0 Å². The van der Waals surface area contributed by atoms with Crippen LogP contribution in [0.3, 0.4) is 0 Å². The average molecular weight is 454 g/mol. The van der Waals surface area contributed by atoms with Crippen LogP contribution >= 0.6 is 0 Å². The number of halogens is 2. The molecule has 0 aliphatic rings. The molecule has 2 aromatic rings. The van der Waals surface area contributed by atoms with Gasteiger partial charge < -0.3 is 24.8 Å². The van der Waals surface area contributed by atoms with Crippen molar-refractivity contribution in [3.63, 3.8) is 0 Å². The maximum Gasteiger partial charge on any atom is 0 e. The minimum absolute atomic E-state index is 0. The topological polar surface area (TPSA) is 0 Å². The van der Waals surface area contributed by atoms with E-state index in [2.05, 4.69) is 65.8 Å². The second-order valence-electron chi connectivity index (χ2n) is 5.61. The molecule has 2 aromatic carbocycles. The van der Waals surface area contributed by atoms with Gasteiger partial charge in [0.05, 0.1) is 0 Å². The molecule has 118 valence electrons. The van der Waals surface area contributed by atoms with Crippen LogP contribution < -0.4 is 33.5 Å². The second-order valence-corrected chi connectivity index (χ2v) is 7.95. The van der Waals surface area contributed by atoms with Crippen molar-refractivity contribution < 1.29 is 24.8 Å². The average Bonchev–Trinajstić information content (AvgIpc) is 2.25. The summed E-state index contributed by atoms with van der Waals surface area (Å²) >= 11 is 0.0840. The van der Waals surface area contributed by atoms with Gasteiger partial charge in [0.15, 0.2) is 0 Å². The summed E-state index contributed by atoms with van der Waals surface area (Å²) in [5.74, 6) is 0. The summed E-state index contributed by atoms with van der Waals surface area (Å²) in [6.45, 7) is 13.4. The maximum absolute atomic E-state index is 2.32. The Morgan fingerprint density at radius 1 is 0.545 bits per heavy atom. The van der Waals surface area contributed by atoms with Crippen molar-refractivity contribution in [2.75, 3.05) is 0 Å². The molecule has 0 N–H and O–H groups in total. The molecule has 0 saturated carbocycles. The summed E-state index contributed by atoms with van der Waals surface area (Å²) in [6.07, 6.45) is 0. The molecule has 4 heteroatoms. The van der Waals surface area contributed by atoms with E-state index in [0.717, 1.165) is 0 Å². The predicted octanol–water partition coefficient (Wildman–Crippen LogP) is -3.18. The summed E-state index contributed by atoms with van der Waals surface area (Å²) < 4.78 is 3.16. The van der Waals surface area contributed by atoms with Crippen molar-refractivity contribution >= 4 is 44.2 Å². The van der Waals surface area contributed by atoms with E-state index in [-0.39, 0.29) is 60.4 Å². The zero-order valence-electron chi connectivity index (χ0n) is 14.1. The summed E-state index contributed by atoms with van der Waals surface area (Å²) in [6, 6.07) is 9.27. The first-order valence-corrected chi connectivity index (χ1v) is 8.63. The van der Waals surface area contributed by atoms with Crippen LogP contribution in [0.4, 0.5) is 0 Å². The molecular formula is C18H22AsCl2Ga-2. The molecular weight excluding hydrogens is 432 g/mol. The molecule has 0 aromatic heterocycles. The van der Waals surface area contributed by atoms with Gasteiger partial charge in [-0.05, 0) is 0 Å². The van der Waals surface area contributed by atoms with Gasteiger partial charge in [0.2, 0.25) is 0 Å². The Labute approximate surface area is 167 Å². The van der Waals surface area contributed by atoms with Crippen molar-refractivity contribution in [1.29, 1.82) is 0 Å². The van der Waals surface area contributed by atoms with Gasteiger partial charge in [-0.25, -0.2) is 0 Å². The Hall–Kier alpha value is 0.215. The third kappa shape index (κ3) is 5.69. The van der Waals surface area contributed by atoms with Gasteiger partial charge in [-0.15, -0.1) is 0 Å². The van der Waals surface area contributed by atoms with Gasteiger partial charge in [-0.1, -0.05) is 0 Å². The van der Waals surface area contributed by atoms with Crippen molar-refractivity contribution in [3.05, 3.63) is 57.6 Å². The van der Waals surface area contributed by atoms with Crippen LogP contribution in [0.5, 0.6) is 0 Å². The molecule has 0 fully saturated rings. The Balaban J connectivity index is 0. The smallest absolute Gasteiger partial charge is 0 e. The third-order valence-corrected chi connectivity index (χ3v) is 7.39. The molecule has 0 spiro atoms. The maximum atomic E-state index is 2.32. The first-order chi connectivity index (χ1) is 8.88. The molecule has 0 nitrogen and oxygen atoms in total. The molecule has 2 rings (SSSR count). The molecule has 0 aliphatic carbocycles. The van der Waals surface area contributed by atoms with Gasteiger partial charge in [0, 0.05) is 19.8 Å². The second kappa shape index (κ2) is 10.2. The summed E-state index contributed by atoms with van der Waals surface area (Å²) in [4.78, 5) is 0. The Morgan fingerprint density at radius 2 is 0.773 bits per heavy atom. The molecule has 0 bridgehead atoms. The predicted molar refractivity (Wildman–Crippen MR) is 92.1 cm³/mol. The van der Waals surface area contributed by atoms with Crippen LogP contribution in [-0.2, 0) is 0 Å². The van der Waals surface area contributed by atoms with Gasteiger partial charge in [-0.2, -0.15) is 0 Å². The Morgan fingerprint density at radius 3 is 1.00 bits per heavy atom. The van der Waals surface area contributed by atoms with Crippen LogP contribution in [0.1, 0.15) is 33.4 Å². The fourth-order valence-corrected chi connectivity index (χ4v) is 5.30. The first kappa shape index (κ1) is 24.5. The molecule has 0 unspecified atom stereocenters. The SMILES string of the molecule is Cc1cc(C)c([As]c2c(C)cc(C)cc2C)c(C)c1.[Cl-].[Cl-].[Ga]. The molecule has 22 heavy (non-hydrogen) atoms. The van der Waals surface area contributed by atoms with E-state index in [1.807, 2.05) is 0 Å². The molecule has 0 heterocycles. The van der Waals surface area contributed by atoms with Gasteiger partial charge in [0.25, 0.3) is 0 Å². The van der Waals surface area contributed by atoms with Crippen LogP contribution in [0.25, 0.3) is 0 Å². The fraction of sp³-hybridized carbons (Fsp3) is 0.333. The molecule has 0 amide bonds. The normalized spacial score (nSPS) is 9.36. The molecule has 4 radical (unpaired) electrons. The van der Waals surface area contributed by atoms with Crippen LogP contribution in [-0.4, -0.2) is 35.5 Å². The van der Waals surface area contributed by atoms with Crippen LogP contribution in [0.15, 0.2) is 24.3 Å². The number of aryl methyl sites for hydroxylation is 6. The standard InChI is InChI=1S/C18H22As.2ClH.Ga/c1-11-7-13(3)17(14(4)8-11)19-18-15(5)9-12(2)10-16(18)6;;;/h7-10H,1-6H3;2*1H;/p-2. The molecule has 0 aliphatic heterocycles. The number of hydrogen-bond donors (Lipinski definition) is 0. The Kier molecular flexibility index (Phi) is 11.3. The minimum Gasteiger partial charge on any atom is -1.00 e. The zero-order chi connectivity index (χ0) is 14.2. The van der Waals surface area contributed by atoms with E-state index in [9.17, 15) is 0 Å². The van der Waals surface area contributed by atoms with Gasteiger partial charge in [0.1, 0.15) is 0 Å². The third-order valence-electron chi connectivity index (χ3n) is 3.49. The van der Waals surface area contributed by atoms with E-state index < -0.39 is 0 Å². The van der Waals surface area contributed by atoms with Crippen LogP contribution in [0.2, 0.25) is 0 Å². The zero-order valence-corrected chi connectivity index (χ0v) is 19.9. The van der Waals surface area contributed by atoms with E-state index in [1.165, 1.54) is 33.4 Å². The Bertz CT molecular complexity index is 537. The fourth-order valence-electron chi connectivity index (χ4n) is 2.81.